The van der Waals surface area contributed by atoms with E-state index in [1.165, 1.54) is 26.5 Å². The molecule has 1 heterocycles. The Hall–Kier alpha value is -2.47. The zero-order valence-corrected chi connectivity index (χ0v) is 12.3. The second-order valence-corrected chi connectivity index (χ2v) is 4.56. The van der Waals surface area contributed by atoms with E-state index < -0.39 is 5.97 Å². The molecule has 0 aliphatic carbocycles. The molecule has 7 heteroatoms. The fourth-order valence-corrected chi connectivity index (χ4v) is 1.92. The maximum Gasteiger partial charge on any atom is 0.341 e. The van der Waals surface area contributed by atoms with Gasteiger partial charge in [0.1, 0.15) is 17.1 Å². The molecule has 0 radical (unpaired) electrons. The standard InChI is InChI=1S/C14H14ClN3O3/c1-20-12-4-3-8(15)5-11(12)18-13-10(14(19)21-2)6-9(16)7-17-13/h3-7H,16H2,1-2H3,(H,17,18). The van der Waals surface area contributed by atoms with E-state index in [2.05, 4.69) is 10.3 Å². The molecule has 0 fully saturated rings. The number of nitrogens with two attached hydrogens (primary N) is 1. The summed E-state index contributed by atoms with van der Waals surface area (Å²) in [6.07, 6.45) is 1.44. The van der Waals surface area contributed by atoms with Gasteiger partial charge in [-0.05, 0) is 24.3 Å². The van der Waals surface area contributed by atoms with Crippen molar-refractivity contribution in [3.8, 4) is 5.75 Å². The van der Waals surface area contributed by atoms with Crippen LogP contribution >= 0.6 is 11.6 Å². The summed E-state index contributed by atoms with van der Waals surface area (Å²) in [6, 6.07) is 6.56. The fraction of sp³-hybridized carbons (Fsp3) is 0.143. The monoisotopic (exact) mass is 307 g/mol. The smallest absolute Gasteiger partial charge is 0.341 e. The second-order valence-electron chi connectivity index (χ2n) is 4.13. The summed E-state index contributed by atoms with van der Waals surface area (Å²) in [4.78, 5) is 15.9. The van der Waals surface area contributed by atoms with E-state index in [1.807, 2.05) is 0 Å². The number of nitrogen functional groups attached to an aromatic ring is 1. The minimum Gasteiger partial charge on any atom is -0.495 e. The second kappa shape index (κ2) is 6.32. The molecule has 2 aromatic rings. The SMILES string of the molecule is COC(=O)c1cc(N)cnc1Nc1cc(Cl)ccc1OC. The average Bonchev–Trinajstić information content (AvgIpc) is 2.48. The van der Waals surface area contributed by atoms with Crippen LogP contribution in [0.3, 0.4) is 0 Å². The number of esters is 1. The highest BCUT2D eigenvalue weighted by Crippen LogP contribution is 2.31. The van der Waals surface area contributed by atoms with Crippen LogP contribution in [0.1, 0.15) is 10.4 Å². The molecule has 0 bridgehead atoms. The van der Waals surface area contributed by atoms with Crippen LogP contribution in [0.25, 0.3) is 0 Å². The number of methoxy groups -OCH3 is 2. The Bertz CT molecular complexity index is 677. The van der Waals surface area contributed by atoms with Gasteiger partial charge in [-0.15, -0.1) is 0 Å². The van der Waals surface area contributed by atoms with Gasteiger partial charge in [-0.1, -0.05) is 11.6 Å². The molecule has 21 heavy (non-hydrogen) atoms. The Morgan fingerprint density at radius 1 is 1.33 bits per heavy atom. The van der Waals surface area contributed by atoms with Gasteiger partial charge in [-0.3, -0.25) is 0 Å². The quantitative estimate of drug-likeness (QED) is 0.845. The molecule has 0 spiro atoms. The zero-order chi connectivity index (χ0) is 15.4. The topological polar surface area (TPSA) is 86.5 Å². The zero-order valence-electron chi connectivity index (χ0n) is 11.5. The number of pyridine rings is 1. The third-order valence-corrected chi connectivity index (χ3v) is 2.96. The number of rotatable bonds is 4. The molecule has 1 aromatic heterocycles. The number of anilines is 3. The molecule has 0 unspecified atom stereocenters. The summed E-state index contributed by atoms with van der Waals surface area (Å²) in [7, 11) is 2.82. The van der Waals surface area contributed by atoms with Crippen molar-refractivity contribution in [2.45, 2.75) is 0 Å². The largest absolute Gasteiger partial charge is 0.495 e. The molecule has 6 nitrogen and oxygen atoms in total. The number of benzene rings is 1. The first-order valence-electron chi connectivity index (χ1n) is 5.99. The van der Waals surface area contributed by atoms with Gasteiger partial charge in [0.2, 0.25) is 0 Å². The lowest BCUT2D eigenvalue weighted by Crippen LogP contribution is -2.08. The van der Waals surface area contributed by atoms with Gasteiger partial charge < -0.3 is 20.5 Å². The molecule has 0 amide bonds. The highest BCUT2D eigenvalue weighted by atomic mass is 35.5. The van der Waals surface area contributed by atoms with Crippen molar-refractivity contribution < 1.29 is 14.3 Å². The molecule has 3 N–H and O–H groups in total. The Morgan fingerprint density at radius 3 is 2.76 bits per heavy atom. The van der Waals surface area contributed by atoms with E-state index in [9.17, 15) is 4.79 Å². The van der Waals surface area contributed by atoms with Crippen LogP contribution in [0.15, 0.2) is 30.5 Å². The average molecular weight is 308 g/mol. The maximum atomic E-state index is 11.8. The fourth-order valence-electron chi connectivity index (χ4n) is 1.75. The molecule has 110 valence electrons. The summed E-state index contributed by atoms with van der Waals surface area (Å²) in [5, 5.41) is 3.52. The van der Waals surface area contributed by atoms with Crippen molar-refractivity contribution in [3.63, 3.8) is 0 Å². The Labute approximate surface area is 126 Å². The van der Waals surface area contributed by atoms with Crippen molar-refractivity contribution in [1.29, 1.82) is 0 Å². The van der Waals surface area contributed by atoms with Crippen LogP contribution < -0.4 is 15.8 Å². The molecular formula is C14H14ClN3O3. The summed E-state index contributed by atoms with van der Waals surface area (Å²) < 4.78 is 9.95. The molecular weight excluding hydrogens is 294 g/mol. The Morgan fingerprint density at radius 2 is 2.10 bits per heavy atom. The molecule has 0 atom stereocenters. The Kier molecular flexibility index (Phi) is 4.49. The van der Waals surface area contributed by atoms with Gasteiger partial charge in [0, 0.05) is 5.02 Å². The van der Waals surface area contributed by atoms with Gasteiger partial charge in [0.15, 0.2) is 0 Å². The van der Waals surface area contributed by atoms with Gasteiger partial charge in [-0.25, -0.2) is 9.78 Å². The number of nitrogens with one attached hydrogen (secondary N) is 1. The van der Waals surface area contributed by atoms with E-state index in [-0.39, 0.29) is 5.56 Å². The number of aromatic nitrogens is 1. The number of hydrogen-bond donors (Lipinski definition) is 2. The van der Waals surface area contributed by atoms with E-state index in [1.54, 1.807) is 18.2 Å². The number of carbonyl (C=O) groups excluding carboxylic acids is 1. The molecule has 1 aromatic carbocycles. The van der Waals surface area contributed by atoms with Crippen LogP contribution in [-0.2, 0) is 4.74 Å². The molecule has 0 saturated heterocycles. The third-order valence-electron chi connectivity index (χ3n) is 2.73. The number of halogens is 1. The number of hydrogen-bond acceptors (Lipinski definition) is 6. The van der Waals surface area contributed by atoms with Crippen molar-refractivity contribution >= 4 is 34.8 Å². The lowest BCUT2D eigenvalue weighted by atomic mass is 10.2. The van der Waals surface area contributed by atoms with E-state index in [0.717, 1.165) is 0 Å². The molecule has 0 saturated carbocycles. The van der Waals surface area contributed by atoms with Gasteiger partial charge >= 0.3 is 5.97 Å². The van der Waals surface area contributed by atoms with Crippen molar-refractivity contribution in [1.82, 2.24) is 4.98 Å². The number of carbonyl (C=O) groups is 1. The summed E-state index contributed by atoms with van der Waals surface area (Å²) in [5.74, 6) is 0.323. The lowest BCUT2D eigenvalue weighted by molar-refractivity contribution is 0.0601. The lowest BCUT2D eigenvalue weighted by Gasteiger charge is -2.13. The third kappa shape index (κ3) is 3.35. The molecule has 0 aliphatic heterocycles. The molecule has 2 rings (SSSR count). The van der Waals surface area contributed by atoms with Gasteiger partial charge in [0.05, 0.1) is 31.8 Å². The number of nitrogens with zero attached hydrogens (tertiary/aromatic N) is 1. The predicted molar refractivity (Wildman–Crippen MR) is 81.3 cm³/mol. The first-order valence-corrected chi connectivity index (χ1v) is 6.37. The highest BCUT2D eigenvalue weighted by Gasteiger charge is 2.15. The van der Waals surface area contributed by atoms with Crippen molar-refractivity contribution in [2.75, 3.05) is 25.3 Å². The van der Waals surface area contributed by atoms with Crippen LogP contribution in [0.2, 0.25) is 5.02 Å². The van der Waals surface area contributed by atoms with Crippen LogP contribution in [0.5, 0.6) is 5.75 Å². The van der Waals surface area contributed by atoms with E-state index in [4.69, 9.17) is 26.8 Å². The van der Waals surface area contributed by atoms with Gasteiger partial charge in [0.25, 0.3) is 0 Å². The van der Waals surface area contributed by atoms with Crippen LogP contribution in [0, 0.1) is 0 Å². The summed E-state index contributed by atoms with van der Waals surface area (Å²) in [6.45, 7) is 0. The summed E-state index contributed by atoms with van der Waals surface area (Å²) in [5.41, 5.74) is 6.81. The van der Waals surface area contributed by atoms with Crippen molar-refractivity contribution in [3.05, 3.63) is 41.0 Å². The van der Waals surface area contributed by atoms with Gasteiger partial charge in [-0.2, -0.15) is 0 Å². The van der Waals surface area contributed by atoms with E-state index in [0.29, 0.717) is 28.0 Å². The first-order chi connectivity index (χ1) is 10.0. The highest BCUT2D eigenvalue weighted by molar-refractivity contribution is 6.31. The Balaban J connectivity index is 2.44. The summed E-state index contributed by atoms with van der Waals surface area (Å²) >= 11 is 5.97. The first kappa shape index (κ1) is 14.9. The van der Waals surface area contributed by atoms with E-state index >= 15 is 0 Å². The molecule has 0 aliphatic rings. The van der Waals surface area contributed by atoms with Crippen molar-refractivity contribution in [2.24, 2.45) is 0 Å². The van der Waals surface area contributed by atoms with Crippen LogP contribution in [-0.4, -0.2) is 25.2 Å². The minimum absolute atomic E-state index is 0.222. The maximum absolute atomic E-state index is 11.8. The normalized spacial score (nSPS) is 10.0. The van der Waals surface area contributed by atoms with Crippen LogP contribution in [0.4, 0.5) is 17.2 Å². The number of ether oxygens (including phenoxy) is 2. The predicted octanol–water partition coefficient (Wildman–Crippen LogP) is 2.86. The minimum atomic E-state index is -0.543.